The molecule has 0 spiro atoms. The number of carbonyl (C=O) groups excluding carboxylic acids is 1. The highest BCUT2D eigenvalue weighted by molar-refractivity contribution is 7.12. The molecule has 1 N–H and O–H groups in total. The smallest absolute Gasteiger partial charge is 0.232 e. The van der Waals surface area contributed by atoms with Crippen molar-refractivity contribution in [3.8, 4) is 5.13 Å². The van der Waals surface area contributed by atoms with Gasteiger partial charge in [0.15, 0.2) is 0 Å². The maximum atomic E-state index is 13.0. The molecule has 0 saturated carbocycles. The Hall–Kier alpha value is -3.25. The summed E-state index contributed by atoms with van der Waals surface area (Å²) in [7, 11) is 0. The zero-order chi connectivity index (χ0) is 19.2. The number of hydrogen-bond acceptors (Lipinski definition) is 4. The van der Waals surface area contributed by atoms with Gasteiger partial charge in [-0.3, -0.25) is 4.79 Å². The van der Waals surface area contributed by atoms with E-state index in [1.165, 1.54) is 0 Å². The molecule has 140 valence electrons. The van der Waals surface area contributed by atoms with Gasteiger partial charge in [0.05, 0.1) is 11.6 Å². The molecule has 6 heteroatoms. The fourth-order valence-electron chi connectivity index (χ4n) is 3.10. The Labute approximate surface area is 167 Å². The summed E-state index contributed by atoms with van der Waals surface area (Å²) < 4.78 is 1.74. The summed E-state index contributed by atoms with van der Waals surface area (Å²) in [5.74, 6) is -0.322. The van der Waals surface area contributed by atoms with Crippen LogP contribution in [0.15, 0.2) is 84.5 Å². The third kappa shape index (κ3) is 4.18. The molecule has 2 aromatic carbocycles. The lowest BCUT2D eigenvalue weighted by molar-refractivity contribution is -0.121. The largest absolute Gasteiger partial charge is 0.355 e. The lowest BCUT2D eigenvalue weighted by Gasteiger charge is -2.17. The topological polar surface area (TPSA) is 59.8 Å². The van der Waals surface area contributed by atoms with Crippen molar-refractivity contribution in [3.05, 3.63) is 101 Å². The SMILES string of the molecule is O=C(NCCc1csc(-n2cccn2)n1)C(c1ccccc1)c1ccccc1. The summed E-state index contributed by atoms with van der Waals surface area (Å²) in [6.07, 6.45) is 4.28. The molecule has 0 radical (unpaired) electrons. The van der Waals surface area contributed by atoms with Crippen LogP contribution in [0, 0.1) is 0 Å². The molecule has 4 aromatic rings. The number of amides is 1. The van der Waals surface area contributed by atoms with Gasteiger partial charge in [0.25, 0.3) is 0 Å². The van der Waals surface area contributed by atoms with Gasteiger partial charge in [-0.1, -0.05) is 60.7 Å². The highest BCUT2D eigenvalue weighted by atomic mass is 32.1. The molecule has 2 heterocycles. The highest BCUT2D eigenvalue weighted by Crippen LogP contribution is 2.24. The van der Waals surface area contributed by atoms with Crippen molar-refractivity contribution in [2.45, 2.75) is 12.3 Å². The van der Waals surface area contributed by atoms with Crippen LogP contribution >= 0.6 is 11.3 Å². The van der Waals surface area contributed by atoms with Crippen LogP contribution in [0.2, 0.25) is 0 Å². The molecule has 0 fully saturated rings. The second-order valence-electron chi connectivity index (χ2n) is 6.37. The van der Waals surface area contributed by atoms with Crippen LogP contribution in [0.5, 0.6) is 0 Å². The van der Waals surface area contributed by atoms with Crippen molar-refractivity contribution in [2.24, 2.45) is 0 Å². The Bertz CT molecular complexity index is 974. The first-order valence-corrected chi connectivity index (χ1v) is 10.0. The first-order valence-electron chi connectivity index (χ1n) is 9.13. The molecule has 0 aliphatic carbocycles. The first-order chi connectivity index (χ1) is 13.8. The number of aromatic nitrogens is 3. The van der Waals surface area contributed by atoms with E-state index < -0.39 is 0 Å². The number of carbonyl (C=O) groups is 1. The summed E-state index contributed by atoms with van der Waals surface area (Å²) in [4.78, 5) is 17.6. The second-order valence-corrected chi connectivity index (χ2v) is 7.20. The lowest BCUT2D eigenvalue weighted by Crippen LogP contribution is -2.31. The van der Waals surface area contributed by atoms with E-state index in [1.54, 1.807) is 22.2 Å². The van der Waals surface area contributed by atoms with Gasteiger partial charge in [-0.05, 0) is 17.2 Å². The van der Waals surface area contributed by atoms with Crippen LogP contribution in [-0.2, 0) is 11.2 Å². The predicted molar refractivity (Wildman–Crippen MR) is 111 cm³/mol. The van der Waals surface area contributed by atoms with Crippen molar-refractivity contribution >= 4 is 17.2 Å². The van der Waals surface area contributed by atoms with Crippen LogP contribution in [0.3, 0.4) is 0 Å². The molecular weight excluding hydrogens is 368 g/mol. The van der Waals surface area contributed by atoms with Crippen molar-refractivity contribution < 1.29 is 4.79 Å². The molecule has 1 amide bonds. The van der Waals surface area contributed by atoms with E-state index in [0.29, 0.717) is 13.0 Å². The quantitative estimate of drug-likeness (QED) is 0.524. The second kappa shape index (κ2) is 8.63. The maximum absolute atomic E-state index is 13.0. The van der Waals surface area contributed by atoms with Crippen molar-refractivity contribution in [3.63, 3.8) is 0 Å². The Morgan fingerprint density at radius 1 is 1.00 bits per heavy atom. The van der Waals surface area contributed by atoms with Crippen molar-refractivity contribution in [1.29, 1.82) is 0 Å². The molecule has 0 aliphatic rings. The Kier molecular flexibility index (Phi) is 5.58. The van der Waals surface area contributed by atoms with E-state index in [1.807, 2.05) is 78.3 Å². The zero-order valence-electron chi connectivity index (χ0n) is 15.2. The first kappa shape index (κ1) is 18.1. The summed E-state index contributed by atoms with van der Waals surface area (Å²) in [5, 5.41) is 10.1. The van der Waals surface area contributed by atoms with Gasteiger partial charge in [-0.2, -0.15) is 5.10 Å². The van der Waals surface area contributed by atoms with Gasteiger partial charge < -0.3 is 5.32 Å². The van der Waals surface area contributed by atoms with E-state index in [9.17, 15) is 4.79 Å². The summed E-state index contributed by atoms with van der Waals surface area (Å²) in [6, 6.07) is 21.6. The fourth-order valence-corrected chi connectivity index (χ4v) is 3.90. The molecule has 0 saturated heterocycles. The molecule has 0 aliphatic heterocycles. The predicted octanol–water partition coefficient (Wildman–Crippen LogP) is 3.82. The minimum atomic E-state index is -0.322. The van der Waals surface area contributed by atoms with Gasteiger partial charge in [0.2, 0.25) is 11.0 Å². The average Bonchev–Trinajstić information content (AvgIpc) is 3.42. The lowest BCUT2D eigenvalue weighted by atomic mass is 9.90. The maximum Gasteiger partial charge on any atom is 0.232 e. The molecule has 5 nitrogen and oxygen atoms in total. The molecule has 28 heavy (non-hydrogen) atoms. The van der Waals surface area contributed by atoms with E-state index >= 15 is 0 Å². The Morgan fingerprint density at radius 2 is 1.68 bits per heavy atom. The summed E-state index contributed by atoms with van der Waals surface area (Å²) in [6.45, 7) is 0.539. The number of benzene rings is 2. The minimum absolute atomic E-state index is 0.0000655. The number of nitrogens with zero attached hydrogens (tertiary/aromatic N) is 3. The molecule has 0 unspecified atom stereocenters. The normalized spacial score (nSPS) is 10.9. The minimum Gasteiger partial charge on any atom is -0.355 e. The molecule has 0 atom stereocenters. The average molecular weight is 388 g/mol. The van der Waals surface area contributed by atoms with Gasteiger partial charge in [0, 0.05) is 30.7 Å². The van der Waals surface area contributed by atoms with Crippen molar-refractivity contribution in [1.82, 2.24) is 20.1 Å². The molecule has 0 bridgehead atoms. The van der Waals surface area contributed by atoms with E-state index in [0.717, 1.165) is 22.0 Å². The number of thiazole rings is 1. The third-order valence-electron chi connectivity index (χ3n) is 4.45. The highest BCUT2D eigenvalue weighted by Gasteiger charge is 2.22. The van der Waals surface area contributed by atoms with Gasteiger partial charge in [-0.25, -0.2) is 9.67 Å². The number of rotatable bonds is 7. The Morgan fingerprint density at radius 3 is 2.29 bits per heavy atom. The van der Waals surface area contributed by atoms with E-state index in [2.05, 4.69) is 15.4 Å². The summed E-state index contributed by atoms with van der Waals surface area (Å²) in [5.41, 5.74) is 2.92. The Balaban J connectivity index is 1.42. The van der Waals surface area contributed by atoms with Crippen LogP contribution in [-0.4, -0.2) is 27.2 Å². The third-order valence-corrected chi connectivity index (χ3v) is 5.33. The van der Waals surface area contributed by atoms with Crippen LogP contribution < -0.4 is 5.32 Å². The van der Waals surface area contributed by atoms with E-state index in [-0.39, 0.29) is 11.8 Å². The molecule has 2 aromatic heterocycles. The van der Waals surface area contributed by atoms with Crippen molar-refractivity contribution in [2.75, 3.05) is 6.54 Å². The van der Waals surface area contributed by atoms with Gasteiger partial charge >= 0.3 is 0 Å². The van der Waals surface area contributed by atoms with Crippen LogP contribution in [0.1, 0.15) is 22.7 Å². The van der Waals surface area contributed by atoms with Crippen LogP contribution in [0.4, 0.5) is 0 Å². The standard InChI is InChI=1S/C22H20N4OS/c27-21(20(17-8-3-1-4-9-17)18-10-5-2-6-11-18)23-14-12-19-16-28-22(25-19)26-15-7-13-24-26/h1-11,13,15-16,20H,12,14H2,(H,23,27). The van der Waals surface area contributed by atoms with Crippen LogP contribution in [0.25, 0.3) is 5.13 Å². The zero-order valence-corrected chi connectivity index (χ0v) is 16.0. The molecular formula is C22H20N4OS. The monoisotopic (exact) mass is 388 g/mol. The van der Waals surface area contributed by atoms with Gasteiger partial charge in [-0.15, -0.1) is 11.3 Å². The molecule has 4 rings (SSSR count). The number of nitrogens with one attached hydrogen (secondary N) is 1. The van der Waals surface area contributed by atoms with E-state index in [4.69, 9.17) is 0 Å². The van der Waals surface area contributed by atoms with Gasteiger partial charge in [0.1, 0.15) is 0 Å². The number of hydrogen-bond donors (Lipinski definition) is 1. The summed E-state index contributed by atoms with van der Waals surface area (Å²) >= 11 is 1.54. The fraction of sp³-hybridized carbons (Fsp3) is 0.136.